The molecule has 5 rings (SSSR count). The molecular weight excluding hydrogens is 571 g/mol. The minimum Gasteiger partial charge on any atom is -0.385 e. The molecule has 45 heavy (non-hydrogen) atoms. The molecule has 1 aliphatic heterocycles. The second-order valence-electron chi connectivity index (χ2n) is 11.4. The summed E-state index contributed by atoms with van der Waals surface area (Å²) in [6.45, 7) is 5.78. The highest BCUT2D eigenvalue weighted by Crippen LogP contribution is 2.21. The zero-order valence-corrected chi connectivity index (χ0v) is 26.2. The SMILES string of the molecule is COCCCn1cc(Nc2ncc(C#Cc3cc(C(=O)Nc4ccc(CN5CC[C@@H](N(C)C)C5)c(F)c4)ccc3C)cn2)cn1. The smallest absolute Gasteiger partial charge is 0.255 e. The van der Waals surface area contributed by atoms with E-state index in [0.29, 0.717) is 53.1 Å². The van der Waals surface area contributed by atoms with Gasteiger partial charge in [-0.05, 0) is 63.7 Å². The maximum absolute atomic E-state index is 14.9. The number of aromatic nitrogens is 4. The molecule has 2 aromatic carbocycles. The minimum atomic E-state index is -0.334. The van der Waals surface area contributed by atoms with Crippen molar-refractivity contribution < 1.29 is 13.9 Å². The van der Waals surface area contributed by atoms with Gasteiger partial charge in [-0.3, -0.25) is 14.4 Å². The number of ether oxygens (including phenoxy) is 1. The van der Waals surface area contributed by atoms with E-state index in [1.54, 1.807) is 50.0 Å². The minimum absolute atomic E-state index is 0.326. The van der Waals surface area contributed by atoms with Gasteiger partial charge in [-0.2, -0.15) is 5.10 Å². The Morgan fingerprint density at radius 2 is 1.93 bits per heavy atom. The summed E-state index contributed by atoms with van der Waals surface area (Å²) in [6.07, 6.45) is 8.84. The largest absolute Gasteiger partial charge is 0.385 e. The predicted octanol–water partition coefficient (Wildman–Crippen LogP) is 4.69. The fraction of sp³-hybridized carbons (Fsp3) is 0.353. The molecule has 11 heteroatoms. The molecule has 0 radical (unpaired) electrons. The van der Waals surface area contributed by atoms with Gasteiger partial charge >= 0.3 is 0 Å². The van der Waals surface area contributed by atoms with Crippen molar-refractivity contribution >= 4 is 23.2 Å². The van der Waals surface area contributed by atoms with Crippen LogP contribution >= 0.6 is 0 Å². The molecule has 1 amide bonds. The Morgan fingerprint density at radius 1 is 1.11 bits per heavy atom. The van der Waals surface area contributed by atoms with Crippen LogP contribution in [0, 0.1) is 24.6 Å². The lowest BCUT2D eigenvalue weighted by molar-refractivity contribution is 0.102. The van der Waals surface area contributed by atoms with Crippen LogP contribution in [-0.2, 0) is 17.8 Å². The molecule has 10 nitrogen and oxygen atoms in total. The molecule has 1 aliphatic rings. The third-order valence-electron chi connectivity index (χ3n) is 7.80. The van der Waals surface area contributed by atoms with Crippen molar-refractivity contribution in [1.29, 1.82) is 0 Å². The normalized spacial score (nSPS) is 14.8. The van der Waals surface area contributed by atoms with Gasteiger partial charge in [0.1, 0.15) is 5.82 Å². The lowest BCUT2D eigenvalue weighted by atomic mass is 10.0. The molecular formula is C34H39FN8O2. The maximum atomic E-state index is 14.9. The van der Waals surface area contributed by atoms with Gasteiger partial charge in [0.25, 0.3) is 5.91 Å². The number of rotatable bonds is 11. The molecule has 0 bridgehead atoms. The first kappa shape index (κ1) is 31.8. The van der Waals surface area contributed by atoms with Crippen molar-refractivity contribution in [3.63, 3.8) is 0 Å². The number of amides is 1. The lowest BCUT2D eigenvalue weighted by Crippen LogP contribution is -2.31. The van der Waals surface area contributed by atoms with E-state index in [9.17, 15) is 9.18 Å². The Kier molecular flexibility index (Phi) is 10.5. The number of anilines is 3. The number of aryl methyl sites for hydroxylation is 2. The summed E-state index contributed by atoms with van der Waals surface area (Å²) in [5.41, 5.74) is 4.51. The van der Waals surface area contributed by atoms with Gasteiger partial charge in [0.15, 0.2) is 0 Å². The van der Waals surface area contributed by atoms with Crippen molar-refractivity contribution in [2.75, 3.05) is 51.5 Å². The third kappa shape index (κ3) is 8.73. The Morgan fingerprint density at radius 3 is 2.67 bits per heavy atom. The van der Waals surface area contributed by atoms with Crippen molar-refractivity contribution in [1.82, 2.24) is 29.5 Å². The molecule has 234 valence electrons. The van der Waals surface area contributed by atoms with E-state index in [4.69, 9.17) is 4.74 Å². The average Bonchev–Trinajstić information content (AvgIpc) is 3.69. The molecule has 1 fully saturated rings. The topological polar surface area (TPSA) is 100 Å². The van der Waals surface area contributed by atoms with Crippen molar-refractivity contribution in [2.45, 2.75) is 38.9 Å². The number of likely N-dealkylation sites (tertiary alicyclic amines) is 1. The van der Waals surface area contributed by atoms with E-state index in [0.717, 1.165) is 43.7 Å². The fourth-order valence-electron chi connectivity index (χ4n) is 5.12. The van der Waals surface area contributed by atoms with Crippen LogP contribution in [0.3, 0.4) is 0 Å². The summed E-state index contributed by atoms with van der Waals surface area (Å²) in [5, 5.41) is 10.3. The molecule has 0 spiro atoms. The van der Waals surface area contributed by atoms with E-state index >= 15 is 0 Å². The van der Waals surface area contributed by atoms with Crippen LogP contribution in [0.1, 0.15) is 45.5 Å². The molecule has 2 N–H and O–H groups in total. The lowest BCUT2D eigenvalue weighted by Gasteiger charge is -2.20. The Labute approximate surface area is 263 Å². The Bertz CT molecular complexity index is 1680. The summed E-state index contributed by atoms with van der Waals surface area (Å²) < 4.78 is 21.9. The number of hydrogen-bond acceptors (Lipinski definition) is 8. The van der Waals surface area contributed by atoms with Crippen LogP contribution in [0.5, 0.6) is 0 Å². The van der Waals surface area contributed by atoms with Crippen LogP contribution < -0.4 is 10.6 Å². The molecule has 1 saturated heterocycles. The monoisotopic (exact) mass is 610 g/mol. The van der Waals surface area contributed by atoms with Crippen LogP contribution in [0.15, 0.2) is 61.2 Å². The molecule has 2 aromatic heterocycles. The molecule has 0 unspecified atom stereocenters. The van der Waals surface area contributed by atoms with Crippen molar-refractivity contribution in [3.8, 4) is 11.8 Å². The van der Waals surface area contributed by atoms with E-state index in [2.05, 4.69) is 61.4 Å². The number of nitrogens with one attached hydrogen (secondary N) is 2. The van der Waals surface area contributed by atoms with Crippen LogP contribution in [0.2, 0.25) is 0 Å². The summed E-state index contributed by atoms with van der Waals surface area (Å²) in [4.78, 5) is 26.2. The maximum Gasteiger partial charge on any atom is 0.255 e. The molecule has 0 aliphatic carbocycles. The van der Waals surface area contributed by atoms with Gasteiger partial charge in [0, 0.05) is 86.9 Å². The second kappa shape index (κ2) is 14.9. The van der Waals surface area contributed by atoms with Gasteiger partial charge in [0.05, 0.1) is 17.4 Å². The fourth-order valence-corrected chi connectivity index (χ4v) is 5.12. The van der Waals surface area contributed by atoms with Gasteiger partial charge < -0.3 is 20.3 Å². The number of methoxy groups -OCH3 is 1. The van der Waals surface area contributed by atoms with E-state index in [-0.39, 0.29) is 11.7 Å². The number of hydrogen-bond donors (Lipinski definition) is 2. The number of benzene rings is 2. The molecule has 1 atom stereocenters. The number of likely N-dealkylation sites (N-methyl/N-ethyl adjacent to an activating group) is 1. The van der Waals surface area contributed by atoms with Crippen molar-refractivity contribution in [3.05, 3.63) is 94.8 Å². The average molecular weight is 611 g/mol. The first-order valence-electron chi connectivity index (χ1n) is 15.0. The van der Waals surface area contributed by atoms with Crippen LogP contribution in [0.25, 0.3) is 0 Å². The second-order valence-corrected chi connectivity index (χ2v) is 11.4. The summed E-state index contributed by atoms with van der Waals surface area (Å²) in [5.74, 6) is 5.97. The predicted molar refractivity (Wildman–Crippen MR) is 173 cm³/mol. The highest BCUT2D eigenvalue weighted by atomic mass is 19.1. The number of nitrogens with zero attached hydrogens (tertiary/aromatic N) is 6. The zero-order valence-electron chi connectivity index (χ0n) is 26.2. The quantitative estimate of drug-likeness (QED) is 0.187. The van der Waals surface area contributed by atoms with E-state index in [1.807, 2.05) is 23.9 Å². The van der Waals surface area contributed by atoms with Gasteiger partial charge in [-0.15, -0.1) is 0 Å². The van der Waals surface area contributed by atoms with Gasteiger partial charge in [0.2, 0.25) is 5.95 Å². The van der Waals surface area contributed by atoms with E-state index in [1.165, 1.54) is 6.07 Å². The third-order valence-corrected chi connectivity index (χ3v) is 7.80. The highest BCUT2D eigenvalue weighted by molar-refractivity contribution is 6.04. The Balaban J connectivity index is 1.18. The summed E-state index contributed by atoms with van der Waals surface area (Å²) in [7, 11) is 5.83. The standard InChI is InChI=1S/C34H39FN8O2/c1-24-6-8-27(33(44)39-29-11-10-28(32(35)17-29)21-42-14-12-31(23-42)41(2)3)16-26(24)9-7-25-18-36-34(37-19-25)40-30-20-38-43(22-30)13-5-15-45-4/h6,8,10-11,16-20,22,31H,5,12-15,21,23H2,1-4H3,(H,39,44)(H,36,37,40)/t31-/m1/s1. The number of carbonyl (C=O) groups is 1. The zero-order chi connectivity index (χ0) is 31.8. The molecule has 0 saturated carbocycles. The first-order valence-corrected chi connectivity index (χ1v) is 15.0. The highest BCUT2D eigenvalue weighted by Gasteiger charge is 2.24. The summed E-state index contributed by atoms with van der Waals surface area (Å²) >= 11 is 0. The van der Waals surface area contributed by atoms with Crippen LogP contribution in [0.4, 0.5) is 21.7 Å². The number of carbonyl (C=O) groups excluding carboxylic acids is 1. The van der Waals surface area contributed by atoms with Crippen LogP contribution in [-0.4, -0.2) is 82.4 Å². The van der Waals surface area contributed by atoms with Crippen molar-refractivity contribution in [2.24, 2.45) is 0 Å². The number of halogens is 1. The van der Waals surface area contributed by atoms with E-state index < -0.39 is 0 Å². The molecule has 4 aromatic rings. The molecule has 3 heterocycles. The Hall–Kier alpha value is -4.63. The summed E-state index contributed by atoms with van der Waals surface area (Å²) in [6, 6.07) is 10.7. The van der Waals surface area contributed by atoms with Gasteiger partial charge in [-0.25, -0.2) is 14.4 Å². The first-order chi connectivity index (χ1) is 21.8. The van der Waals surface area contributed by atoms with Gasteiger partial charge in [-0.1, -0.05) is 24.0 Å².